The Balaban J connectivity index is 1.74. The van der Waals surface area contributed by atoms with Gasteiger partial charge in [-0.3, -0.25) is 4.99 Å². The Kier molecular flexibility index (Phi) is 6.27. The third-order valence-electron chi connectivity index (χ3n) is 4.91. The molecule has 1 spiro atoms. The molecule has 0 aromatic carbocycles. The van der Waals surface area contributed by atoms with Crippen LogP contribution in [0.2, 0.25) is 0 Å². The molecule has 0 radical (unpaired) electrons. The summed E-state index contributed by atoms with van der Waals surface area (Å²) in [5, 5.41) is 3.36. The van der Waals surface area contributed by atoms with Crippen LogP contribution in [0.3, 0.4) is 0 Å². The number of ether oxygens (including phenoxy) is 1. The third kappa shape index (κ3) is 4.58. The molecule has 7 nitrogen and oxygen atoms in total. The van der Waals surface area contributed by atoms with Crippen LogP contribution in [0.15, 0.2) is 4.99 Å². The maximum Gasteiger partial charge on any atom is 0.213 e. The highest BCUT2D eigenvalue weighted by molar-refractivity contribution is 7.89. The molecule has 2 saturated heterocycles. The van der Waals surface area contributed by atoms with Crippen LogP contribution in [0.5, 0.6) is 0 Å². The largest absolute Gasteiger partial charge is 0.381 e. The molecule has 0 aromatic rings. The van der Waals surface area contributed by atoms with E-state index in [-0.39, 0.29) is 5.75 Å². The molecular formula is C15H30N4O3S. The van der Waals surface area contributed by atoms with E-state index in [1.165, 1.54) is 4.31 Å². The second kappa shape index (κ2) is 7.81. The van der Waals surface area contributed by atoms with Gasteiger partial charge in [-0.1, -0.05) is 0 Å². The summed E-state index contributed by atoms with van der Waals surface area (Å²) in [6.07, 6.45) is 3.06. The number of nitrogens with one attached hydrogen (secondary N) is 1. The van der Waals surface area contributed by atoms with Crippen molar-refractivity contribution < 1.29 is 13.2 Å². The lowest BCUT2D eigenvalue weighted by atomic mass is 9.87. The van der Waals surface area contributed by atoms with Gasteiger partial charge in [-0.2, -0.15) is 0 Å². The van der Waals surface area contributed by atoms with Gasteiger partial charge in [0.1, 0.15) is 0 Å². The molecule has 0 bridgehead atoms. The van der Waals surface area contributed by atoms with Crippen molar-refractivity contribution in [3.05, 3.63) is 0 Å². The average Bonchev–Trinajstić information content (AvgIpc) is 3.17. The third-order valence-corrected chi connectivity index (χ3v) is 6.77. The molecule has 0 amide bonds. The molecule has 2 rings (SSSR count). The van der Waals surface area contributed by atoms with E-state index in [9.17, 15) is 8.42 Å². The SMILES string of the molecule is CCS(=O)(=O)N(C)CCCNC(=NC)N1CCC2(CCOC2)C1. The number of likely N-dealkylation sites (tertiary alicyclic amines) is 1. The van der Waals surface area contributed by atoms with Crippen molar-refractivity contribution in [3.63, 3.8) is 0 Å². The molecular weight excluding hydrogens is 316 g/mol. The van der Waals surface area contributed by atoms with E-state index >= 15 is 0 Å². The molecule has 2 aliphatic rings. The van der Waals surface area contributed by atoms with Crippen LogP contribution in [-0.2, 0) is 14.8 Å². The molecule has 2 heterocycles. The van der Waals surface area contributed by atoms with Crippen LogP contribution in [0.4, 0.5) is 0 Å². The monoisotopic (exact) mass is 346 g/mol. The van der Waals surface area contributed by atoms with Crippen LogP contribution >= 0.6 is 0 Å². The molecule has 0 aromatic heterocycles. The molecule has 23 heavy (non-hydrogen) atoms. The summed E-state index contributed by atoms with van der Waals surface area (Å²) < 4.78 is 30.4. The molecule has 134 valence electrons. The average molecular weight is 346 g/mol. The summed E-state index contributed by atoms with van der Waals surface area (Å²) in [6.45, 7) is 6.65. The fourth-order valence-corrected chi connectivity index (χ4v) is 4.13. The Morgan fingerprint density at radius 1 is 1.43 bits per heavy atom. The van der Waals surface area contributed by atoms with Gasteiger partial charge in [-0.05, 0) is 26.2 Å². The lowest BCUT2D eigenvalue weighted by Crippen LogP contribution is -2.42. The molecule has 2 aliphatic heterocycles. The molecule has 2 fully saturated rings. The summed E-state index contributed by atoms with van der Waals surface area (Å²) in [6, 6.07) is 0. The lowest BCUT2D eigenvalue weighted by Gasteiger charge is -2.25. The predicted molar refractivity (Wildman–Crippen MR) is 92.1 cm³/mol. The van der Waals surface area contributed by atoms with E-state index in [0.29, 0.717) is 12.0 Å². The maximum absolute atomic E-state index is 11.7. The Morgan fingerprint density at radius 2 is 2.22 bits per heavy atom. The van der Waals surface area contributed by atoms with Gasteiger partial charge in [0, 0.05) is 52.3 Å². The predicted octanol–water partition coefficient (Wildman–Crippen LogP) is 0.346. The van der Waals surface area contributed by atoms with E-state index in [2.05, 4.69) is 15.2 Å². The van der Waals surface area contributed by atoms with Crippen molar-refractivity contribution in [2.75, 3.05) is 59.2 Å². The number of nitrogens with zero attached hydrogens (tertiary/aromatic N) is 3. The Bertz CT molecular complexity index is 515. The Labute approximate surface area is 140 Å². The second-order valence-electron chi connectivity index (χ2n) is 6.52. The van der Waals surface area contributed by atoms with Crippen molar-refractivity contribution in [1.82, 2.24) is 14.5 Å². The van der Waals surface area contributed by atoms with E-state index < -0.39 is 10.0 Å². The zero-order valence-corrected chi connectivity index (χ0v) is 15.4. The van der Waals surface area contributed by atoms with Crippen LogP contribution in [0, 0.1) is 5.41 Å². The first-order chi connectivity index (χ1) is 10.9. The van der Waals surface area contributed by atoms with Crippen molar-refractivity contribution in [3.8, 4) is 0 Å². The first-order valence-electron chi connectivity index (χ1n) is 8.40. The van der Waals surface area contributed by atoms with E-state index in [0.717, 1.165) is 58.1 Å². The van der Waals surface area contributed by atoms with Crippen molar-refractivity contribution in [1.29, 1.82) is 0 Å². The zero-order valence-electron chi connectivity index (χ0n) is 14.5. The minimum atomic E-state index is -3.08. The minimum Gasteiger partial charge on any atom is -0.381 e. The Morgan fingerprint density at radius 3 is 2.83 bits per heavy atom. The molecule has 1 N–H and O–H groups in total. The normalized spacial score (nSPS) is 25.7. The van der Waals surface area contributed by atoms with Gasteiger partial charge < -0.3 is 15.0 Å². The number of aliphatic imine (C=N–C) groups is 1. The van der Waals surface area contributed by atoms with Crippen molar-refractivity contribution in [2.24, 2.45) is 10.4 Å². The standard InChI is InChI=1S/C15H30N4O3S/c1-4-23(20,21)18(3)9-5-8-17-14(16-2)19-10-6-15(12-19)7-11-22-13-15/h4-13H2,1-3H3,(H,16,17). The molecule has 1 atom stereocenters. The fraction of sp³-hybridized carbons (Fsp3) is 0.933. The van der Waals surface area contributed by atoms with Crippen LogP contribution < -0.4 is 5.32 Å². The first-order valence-corrected chi connectivity index (χ1v) is 10.0. The number of guanidine groups is 1. The summed E-state index contributed by atoms with van der Waals surface area (Å²) in [5.41, 5.74) is 0.313. The summed E-state index contributed by atoms with van der Waals surface area (Å²) >= 11 is 0. The van der Waals surface area contributed by atoms with Crippen molar-refractivity contribution in [2.45, 2.75) is 26.2 Å². The highest BCUT2D eigenvalue weighted by Gasteiger charge is 2.42. The minimum absolute atomic E-state index is 0.149. The van der Waals surface area contributed by atoms with E-state index in [1.54, 1.807) is 21.0 Å². The number of rotatable bonds is 6. The highest BCUT2D eigenvalue weighted by Crippen LogP contribution is 2.38. The van der Waals surface area contributed by atoms with Gasteiger partial charge in [0.05, 0.1) is 12.4 Å². The molecule has 8 heteroatoms. The quantitative estimate of drug-likeness (QED) is 0.427. The summed E-state index contributed by atoms with van der Waals surface area (Å²) in [7, 11) is 0.350. The zero-order chi connectivity index (χ0) is 16.9. The molecule has 0 saturated carbocycles. The number of sulfonamides is 1. The van der Waals surface area contributed by atoms with E-state index in [1.807, 2.05) is 0 Å². The van der Waals surface area contributed by atoms with E-state index in [4.69, 9.17) is 4.74 Å². The highest BCUT2D eigenvalue weighted by atomic mass is 32.2. The number of hydrogen-bond donors (Lipinski definition) is 1. The van der Waals surface area contributed by atoms with Crippen LogP contribution in [0.25, 0.3) is 0 Å². The number of hydrogen-bond acceptors (Lipinski definition) is 4. The van der Waals surface area contributed by atoms with Gasteiger partial charge in [-0.15, -0.1) is 0 Å². The maximum atomic E-state index is 11.7. The van der Waals surface area contributed by atoms with Gasteiger partial charge in [-0.25, -0.2) is 12.7 Å². The van der Waals surface area contributed by atoms with Gasteiger partial charge >= 0.3 is 0 Å². The smallest absolute Gasteiger partial charge is 0.213 e. The van der Waals surface area contributed by atoms with Crippen LogP contribution in [-0.4, -0.2) is 82.8 Å². The van der Waals surface area contributed by atoms with Gasteiger partial charge in [0.25, 0.3) is 0 Å². The second-order valence-corrected chi connectivity index (χ2v) is 8.89. The van der Waals surface area contributed by atoms with Crippen molar-refractivity contribution >= 4 is 16.0 Å². The van der Waals surface area contributed by atoms with Crippen LogP contribution in [0.1, 0.15) is 26.2 Å². The molecule has 0 aliphatic carbocycles. The first kappa shape index (κ1) is 18.5. The lowest BCUT2D eigenvalue weighted by molar-refractivity contribution is 0.156. The fourth-order valence-electron chi connectivity index (χ4n) is 3.28. The van der Waals surface area contributed by atoms with Gasteiger partial charge in [0.15, 0.2) is 5.96 Å². The topological polar surface area (TPSA) is 74.2 Å². The summed E-state index contributed by atoms with van der Waals surface area (Å²) in [5.74, 6) is 1.06. The Hall–Kier alpha value is -0.860. The molecule has 1 unspecified atom stereocenters. The van der Waals surface area contributed by atoms with Gasteiger partial charge in [0.2, 0.25) is 10.0 Å². The summed E-state index contributed by atoms with van der Waals surface area (Å²) in [4.78, 5) is 6.66.